The Morgan fingerprint density at radius 1 is 1.28 bits per heavy atom. The highest BCUT2D eigenvalue weighted by atomic mass is 35.5. The fraction of sp³-hybridized carbons (Fsp3) is 0.727. The van der Waals surface area contributed by atoms with Crippen molar-refractivity contribution in [1.82, 2.24) is 15.0 Å². The van der Waals surface area contributed by atoms with Gasteiger partial charge in [0.05, 0.1) is 7.11 Å². The van der Waals surface area contributed by atoms with Crippen LogP contribution in [0.1, 0.15) is 25.7 Å². The Morgan fingerprint density at radius 2 is 2.06 bits per heavy atom. The van der Waals surface area contributed by atoms with Crippen LogP contribution in [0.15, 0.2) is 0 Å². The molecule has 0 spiro atoms. The van der Waals surface area contributed by atoms with E-state index in [4.69, 9.17) is 16.3 Å². The molecule has 7 heteroatoms. The summed E-state index contributed by atoms with van der Waals surface area (Å²) in [5, 5.41) is 4.10. The van der Waals surface area contributed by atoms with Gasteiger partial charge in [-0.3, -0.25) is 0 Å². The van der Waals surface area contributed by atoms with E-state index in [2.05, 4.69) is 26.5 Å². The van der Waals surface area contributed by atoms with E-state index in [1.54, 1.807) is 0 Å². The minimum atomic E-state index is 0.154. The van der Waals surface area contributed by atoms with Crippen LogP contribution in [-0.2, 0) is 0 Å². The number of nitrogens with one attached hydrogen (secondary N) is 1. The molecular weight excluding hydrogens is 272 g/mol. The summed E-state index contributed by atoms with van der Waals surface area (Å²) in [6, 6.07) is 0.630. The van der Waals surface area contributed by atoms with Crippen LogP contribution >= 0.6 is 23.4 Å². The van der Waals surface area contributed by atoms with E-state index in [1.165, 1.54) is 26.4 Å². The molecule has 5 nitrogen and oxygen atoms in total. The van der Waals surface area contributed by atoms with Gasteiger partial charge in [-0.25, -0.2) is 0 Å². The molecule has 0 amide bonds. The first-order valence-electron chi connectivity index (χ1n) is 5.98. The molecule has 0 aromatic carbocycles. The number of thioether (sulfide) groups is 1. The molecule has 0 radical (unpaired) electrons. The number of aromatic nitrogens is 3. The van der Waals surface area contributed by atoms with Crippen LogP contribution in [0.4, 0.5) is 5.95 Å². The van der Waals surface area contributed by atoms with Gasteiger partial charge in [0, 0.05) is 11.3 Å². The van der Waals surface area contributed by atoms with E-state index < -0.39 is 0 Å². The molecular formula is C11H17ClN4OS. The van der Waals surface area contributed by atoms with Gasteiger partial charge in [0.25, 0.3) is 0 Å². The van der Waals surface area contributed by atoms with Gasteiger partial charge in [-0.15, -0.1) is 0 Å². The number of ether oxygens (including phenoxy) is 1. The lowest BCUT2D eigenvalue weighted by molar-refractivity contribution is 0.378. The summed E-state index contributed by atoms with van der Waals surface area (Å²) in [5.41, 5.74) is 0. The van der Waals surface area contributed by atoms with E-state index in [1.807, 2.05) is 11.8 Å². The minimum Gasteiger partial charge on any atom is -0.467 e. The van der Waals surface area contributed by atoms with Crippen LogP contribution in [0.25, 0.3) is 0 Å². The number of nitrogens with zero attached hydrogens (tertiary/aromatic N) is 3. The second-order valence-electron chi connectivity index (χ2n) is 4.22. The summed E-state index contributed by atoms with van der Waals surface area (Å²) >= 11 is 7.72. The van der Waals surface area contributed by atoms with Crippen LogP contribution in [-0.4, -0.2) is 39.6 Å². The monoisotopic (exact) mass is 288 g/mol. The molecule has 0 saturated heterocycles. The molecule has 1 saturated carbocycles. The highest BCUT2D eigenvalue weighted by Gasteiger charge is 2.25. The van der Waals surface area contributed by atoms with Crippen molar-refractivity contribution in [2.24, 2.45) is 0 Å². The van der Waals surface area contributed by atoms with Gasteiger partial charge in [0.15, 0.2) is 0 Å². The molecule has 1 aliphatic carbocycles. The quantitative estimate of drug-likeness (QED) is 0.919. The van der Waals surface area contributed by atoms with Crippen molar-refractivity contribution in [3.05, 3.63) is 5.28 Å². The molecule has 1 aliphatic rings. The van der Waals surface area contributed by atoms with Crippen LogP contribution < -0.4 is 10.1 Å². The van der Waals surface area contributed by atoms with Gasteiger partial charge in [-0.05, 0) is 30.7 Å². The first-order valence-corrected chi connectivity index (χ1v) is 7.64. The molecule has 2 atom stereocenters. The Bertz CT molecular complexity index is 407. The van der Waals surface area contributed by atoms with Crippen molar-refractivity contribution in [1.29, 1.82) is 0 Å². The van der Waals surface area contributed by atoms with Crippen molar-refractivity contribution in [3.63, 3.8) is 0 Å². The summed E-state index contributed by atoms with van der Waals surface area (Å²) in [4.78, 5) is 12.1. The van der Waals surface area contributed by atoms with E-state index >= 15 is 0 Å². The van der Waals surface area contributed by atoms with Gasteiger partial charge >= 0.3 is 6.01 Å². The molecule has 2 rings (SSSR count). The zero-order valence-corrected chi connectivity index (χ0v) is 12.1. The van der Waals surface area contributed by atoms with Crippen LogP contribution in [0.2, 0.25) is 5.28 Å². The Kier molecular flexibility index (Phi) is 4.88. The topological polar surface area (TPSA) is 59.9 Å². The smallest absolute Gasteiger partial charge is 0.322 e. The molecule has 1 aromatic rings. The largest absolute Gasteiger partial charge is 0.467 e. The first kappa shape index (κ1) is 13.7. The lowest BCUT2D eigenvalue weighted by Gasteiger charge is -2.30. The predicted molar refractivity (Wildman–Crippen MR) is 74.6 cm³/mol. The lowest BCUT2D eigenvalue weighted by atomic mass is 9.95. The average Bonchev–Trinajstić information content (AvgIpc) is 2.38. The van der Waals surface area contributed by atoms with Crippen molar-refractivity contribution in [2.45, 2.75) is 37.0 Å². The Labute approximate surface area is 116 Å². The Hall–Kier alpha value is -0.750. The van der Waals surface area contributed by atoms with Gasteiger partial charge in [-0.2, -0.15) is 26.7 Å². The number of methoxy groups -OCH3 is 1. The maximum Gasteiger partial charge on any atom is 0.322 e. The summed E-state index contributed by atoms with van der Waals surface area (Å²) < 4.78 is 4.99. The van der Waals surface area contributed by atoms with E-state index in [9.17, 15) is 0 Å². The molecule has 1 N–H and O–H groups in total. The number of halogens is 1. The van der Waals surface area contributed by atoms with Gasteiger partial charge < -0.3 is 10.1 Å². The molecule has 1 heterocycles. The van der Waals surface area contributed by atoms with Crippen LogP contribution in [0.5, 0.6) is 6.01 Å². The zero-order chi connectivity index (χ0) is 13.0. The highest BCUT2D eigenvalue weighted by Crippen LogP contribution is 2.29. The maximum absolute atomic E-state index is 5.83. The van der Waals surface area contributed by atoms with Crippen LogP contribution in [0.3, 0.4) is 0 Å². The third kappa shape index (κ3) is 3.38. The second-order valence-corrected chi connectivity index (χ2v) is 5.64. The minimum absolute atomic E-state index is 0.154. The third-order valence-electron chi connectivity index (χ3n) is 3.09. The summed E-state index contributed by atoms with van der Waals surface area (Å²) in [5.74, 6) is 0.498. The van der Waals surface area contributed by atoms with Crippen molar-refractivity contribution < 1.29 is 4.74 Å². The number of rotatable bonds is 4. The molecule has 100 valence electrons. The molecule has 2 unspecified atom stereocenters. The standard InChI is InChI=1S/C11H17ClN4OS/c1-17-11-15-9(12)14-10(16-11)13-7-5-3-4-6-8(7)18-2/h7-8H,3-6H2,1-2H3,(H,13,14,15,16). The van der Waals surface area contributed by atoms with Gasteiger partial charge in [-0.1, -0.05) is 12.8 Å². The summed E-state index contributed by atoms with van der Waals surface area (Å²) in [7, 11) is 1.51. The SMILES string of the molecule is COc1nc(Cl)nc(NC2CCCCC2SC)n1. The molecule has 18 heavy (non-hydrogen) atoms. The zero-order valence-electron chi connectivity index (χ0n) is 10.5. The number of hydrogen-bond acceptors (Lipinski definition) is 6. The molecule has 1 fully saturated rings. The normalized spacial score (nSPS) is 23.7. The maximum atomic E-state index is 5.83. The van der Waals surface area contributed by atoms with Gasteiger partial charge in [0.2, 0.25) is 11.2 Å². The third-order valence-corrected chi connectivity index (χ3v) is 4.43. The van der Waals surface area contributed by atoms with Crippen molar-refractivity contribution in [2.75, 3.05) is 18.7 Å². The fourth-order valence-electron chi connectivity index (χ4n) is 2.20. The molecule has 0 bridgehead atoms. The number of anilines is 1. The first-order chi connectivity index (χ1) is 8.72. The Morgan fingerprint density at radius 3 is 2.78 bits per heavy atom. The fourth-order valence-corrected chi connectivity index (χ4v) is 3.29. The van der Waals surface area contributed by atoms with E-state index in [-0.39, 0.29) is 11.3 Å². The molecule has 1 aromatic heterocycles. The molecule has 0 aliphatic heterocycles. The van der Waals surface area contributed by atoms with Crippen molar-refractivity contribution in [3.8, 4) is 6.01 Å². The highest BCUT2D eigenvalue weighted by molar-refractivity contribution is 7.99. The second kappa shape index (κ2) is 6.43. The lowest BCUT2D eigenvalue weighted by Crippen LogP contribution is -2.35. The van der Waals surface area contributed by atoms with E-state index in [0.717, 1.165) is 6.42 Å². The van der Waals surface area contributed by atoms with Crippen LogP contribution in [0, 0.1) is 0 Å². The van der Waals surface area contributed by atoms with E-state index in [0.29, 0.717) is 17.2 Å². The number of hydrogen-bond donors (Lipinski definition) is 1. The predicted octanol–water partition coefficient (Wildman–Crippen LogP) is 2.62. The van der Waals surface area contributed by atoms with Crippen molar-refractivity contribution >= 4 is 29.3 Å². The average molecular weight is 289 g/mol. The summed E-state index contributed by atoms with van der Waals surface area (Å²) in [6.07, 6.45) is 7.05. The summed E-state index contributed by atoms with van der Waals surface area (Å²) in [6.45, 7) is 0. The van der Waals surface area contributed by atoms with Gasteiger partial charge in [0.1, 0.15) is 0 Å². The Balaban J connectivity index is 2.09.